The van der Waals surface area contributed by atoms with Gasteiger partial charge in [0.05, 0.1) is 18.1 Å². The third-order valence-corrected chi connectivity index (χ3v) is 4.04. The van der Waals surface area contributed by atoms with Gasteiger partial charge in [0, 0.05) is 0 Å². The molecule has 1 unspecified atom stereocenters. The summed E-state index contributed by atoms with van der Waals surface area (Å²) in [5, 5.41) is 1.49. The molecule has 3 aromatic rings. The standard InChI is InChI=1S/C18H14ClFO/c1-21-16-11-5-10-15(20)17(16)18(19)14-9-4-7-12-6-2-3-8-13(12)14/h2-11,18H,1H3. The zero-order valence-corrected chi connectivity index (χ0v) is 12.3. The lowest BCUT2D eigenvalue weighted by Crippen LogP contribution is -2.01. The van der Waals surface area contributed by atoms with E-state index in [1.165, 1.54) is 13.2 Å². The van der Waals surface area contributed by atoms with Crippen LogP contribution in [0.4, 0.5) is 4.39 Å². The van der Waals surface area contributed by atoms with E-state index in [1.54, 1.807) is 12.1 Å². The maximum atomic E-state index is 14.2. The van der Waals surface area contributed by atoms with Crippen LogP contribution >= 0.6 is 11.6 Å². The van der Waals surface area contributed by atoms with Gasteiger partial charge in [-0.05, 0) is 28.5 Å². The number of rotatable bonds is 3. The Balaban J connectivity index is 2.20. The highest BCUT2D eigenvalue weighted by atomic mass is 35.5. The van der Waals surface area contributed by atoms with Crippen LogP contribution < -0.4 is 4.74 Å². The quantitative estimate of drug-likeness (QED) is 0.595. The highest BCUT2D eigenvalue weighted by Crippen LogP contribution is 2.39. The molecule has 0 bridgehead atoms. The highest BCUT2D eigenvalue weighted by molar-refractivity contribution is 6.23. The van der Waals surface area contributed by atoms with Crippen LogP contribution in [0, 0.1) is 5.82 Å². The van der Waals surface area contributed by atoms with Crippen molar-refractivity contribution in [2.24, 2.45) is 0 Å². The van der Waals surface area contributed by atoms with E-state index in [9.17, 15) is 4.39 Å². The Morgan fingerprint density at radius 1 is 0.952 bits per heavy atom. The Morgan fingerprint density at radius 3 is 2.48 bits per heavy atom. The first kappa shape index (κ1) is 13.9. The Bertz CT molecular complexity index is 780. The molecule has 0 aromatic heterocycles. The third kappa shape index (κ3) is 2.47. The van der Waals surface area contributed by atoms with Crippen LogP contribution in [-0.2, 0) is 0 Å². The van der Waals surface area contributed by atoms with Crippen LogP contribution in [0.15, 0.2) is 60.7 Å². The van der Waals surface area contributed by atoms with Crippen LogP contribution in [0.25, 0.3) is 10.8 Å². The molecular weight excluding hydrogens is 287 g/mol. The second-order valence-electron chi connectivity index (χ2n) is 4.79. The highest BCUT2D eigenvalue weighted by Gasteiger charge is 2.21. The van der Waals surface area contributed by atoms with E-state index in [-0.39, 0.29) is 5.82 Å². The van der Waals surface area contributed by atoms with E-state index in [0.717, 1.165) is 16.3 Å². The van der Waals surface area contributed by atoms with Gasteiger partial charge < -0.3 is 4.74 Å². The predicted octanol–water partition coefficient (Wildman–Crippen LogP) is 5.32. The van der Waals surface area contributed by atoms with Crippen molar-refractivity contribution in [3.63, 3.8) is 0 Å². The summed E-state index contributed by atoms with van der Waals surface area (Å²) in [4.78, 5) is 0. The summed E-state index contributed by atoms with van der Waals surface area (Å²) >= 11 is 6.58. The van der Waals surface area contributed by atoms with E-state index >= 15 is 0 Å². The van der Waals surface area contributed by atoms with E-state index in [1.807, 2.05) is 42.5 Å². The number of benzene rings is 3. The first-order chi connectivity index (χ1) is 10.2. The molecule has 0 aliphatic carbocycles. The average molecular weight is 301 g/mol. The van der Waals surface area contributed by atoms with E-state index in [0.29, 0.717) is 11.3 Å². The molecule has 0 N–H and O–H groups in total. The Labute approximate surface area is 127 Å². The summed E-state index contributed by atoms with van der Waals surface area (Å²) in [6.45, 7) is 0. The molecule has 0 fully saturated rings. The van der Waals surface area contributed by atoms with Gasteiger partial charge in [-0.15, -0.1) is 11.6 Å². The van der Waals surface area contributed by atoms with Crippen molar-refractivity contribution in [1.29, 1.82) is 0 Å². The number of methoxy groups -OCH3 is 1. The number of hydrogen-bond donors (Lipinski definition) is 0. The molecule has 106 valence electrons. The molecule has 1 nitrogen and oxygen atoms in total. The van der Waals surface area contributed by atoms with Crippen molar-refractivity contribution in [1.82, 2.24) is 0 Å². The van der Waals surface area contributed by atoms with Gasteiger partial charge in [0.25, 0.3) is 0 Å². The minimum Gasteiger partial charge on any atom is -0.496 e. The van der Waals surface area contributed by atoms with Gasteiger partial charge in [-0.3, -0.25) is 0 Å². The second-order valence-corrected chi connectivity index (χ2v) is 5.22. The van der Waals surface area contributed by atoms with Gasteiger partial charge in [0.1, 0.15) is 11.6 Å². The predicted molar refractivity (Wildman–Crippen MR) is 84.6 cm³/mol. The fourth-order valence-electron chi connectivity index (χ4n) is 2.57. The maximum absolute atomic E-state index is 14.2. The molecule has 0 radical (unpaired) electrons. The summed E-state index contributed by atoms with van der Waals surface area (Å²) in [5.41, 5.74) is 1.25. The number of fused-ring (bicyclic) bond motifs is 1. The first-order valence-corrected chi connectivity index (χ1v) is 7.10. The van der Waals surface area contributed by atoms with Gasteiger partial charge >= 0.3 is 0 Å². The summed E-state index contributed by atoms with van der Waals surface area (Å²) in [5.74, 6) is 0.102. The number of alkyl halides is 1. The normalized spacial score (nSPS) is 12.3. The fourth-order valence-corrected chi connectivity index (χ4v) is 2.97. The van der Waals surface area contributed by atoms with Gasteiger partial charge in [0.15, 0.2) is 0 Å². The lowest BCUT2D eigenvalue weighted by molar-refractivity contribution is 0.405. The topological polar surface area (TPSA) is 9.23 Å². The lowest BCUT2D eigenvalue weighted by atomic mass is 9.97. The minimum absolute atomic E-state index is 0.359. The molecular formula is C18H14ClFO. The summed E-state index contributed by atoms with van der Waals surface area (Å²) in [6, 6.07) is 18.5. The van der Waals surface area contributed by atoms with Crippen molar-refractivity contribution in [2.45, 2.75) is 5.38 Å². The van der Waals surface area contributed by atoms with Crippen LogP contribution in [0.1, 0.15) is 16.5 Å². The lowest BCUT2D eigenvalue weighted by Gasteiger charge is -2.17. The van der Waals surface area contributed by atoms with Gasteiger partial charge in [-0.25, -0.2) is 4.39 Å². The van der Waals surface area contributed by atoms with Gasteiger partial charge in [-0.2, -0.15) is 0 Å². The zero-order chi connectivity index (χ0) is 14.8. The van der Waals surface area contributed by atoms with Crippen molar-refractivity contribution < 1.29 is 9.13 Å². The second kappa shape index (κ2) is 5.74. The maximum Gasteiger partial charge on any atom is 0.131 e. The van der Waals surface area contributed by atoms with Gasteiger partial charge in [-0.1, -0.05) is 48.5 Å². The molecule has 0 spiro atoms. The molecule has 3 heteroatoms. The first-order valence-electron chi connectivity index (χ1n) is 6.66. The molecule has 0 aliphatic rings. The molecule has 0 saturated heterocycles. The smallest absolute Gasteiger partial charge is 0.131 e. The molecule has 21 heavy (non-hydrogen) atoms. The zero-order valence-electron chi connectivity index (χ0n) is 11.5. The van der Waals surface area contributed by atoms with Crippen LogP contribution in [0.3, 0.4) is 0 Å². The van der Waals surface area contributed by atoms with E-state index in [2.05, 4.69) is 0 Å². The van der Waals surface area contributed by atoms with E-state index < -0.39 is 5.38 Å². The Morgan fingerprint density at radius 2 is 1.67 bits per heavy atom. The molecule has 0 aliphatic heterocycles. The van der Waals surface area contributed by atoms with Crippen LogP contribution in [-0.4, -0.2) is 7.11 Å². The van der Waals surface area contributed by atoms with Crippen molar-refractivity contribution in [3.8, 4) is 5.75 Å². The minimum atomic E-state index is -0.604. The molecule has 3 rings (SSSR count). The number of halogens is 2. The van der Waals surface area contributed by atoms with Crippen molar-refractivity contribution in [3.05, 3.63) is 77.6 Å². The monoisotopic (exact) mass is 300 g/mol. The SMILES string of the molecule is COc1cccc(F)c1C(Cl)c1cccc2ccccc12. The summed E-state index contributed by atoms with van der Waals surface area (Å²) in [6.07, 6.45) is 0. The van der Waals surface area contributed by atoms with E-state index in [4.69, 9.17) is 16.3 Å². The Hall–Kier alpha value is -2.06. The fraction of sp³-hybridized carbons (Fsp3) is 0.111. The molecule has 0 amide bonds. The molecule has 0 heterocycles. The molecule has 1 atom stereocenters. The van der Waals surface area contributed by atoms with Gasteiger partial charge in [0.2, 0.25) is 0 Å². The summed E-state index contributed by atoms with van der Waals surface area (Å²) in [7, 11) is 1.52. The van der Waals surface area contributed by atoms with Crippen LogP contribution in [0.2, 0.25) is 0 Å². The van der Waals surface area contributed by atoms with Crippen molar-refractivity contribution >= 4 is 22.4 Å². The Kier molecular flexibility index (Phi) is 3.80. The third-order valence-electron chi connectivity index (χ3n) is 3.58. The van der Waals surface area contributed by atoms with Crippen LogP contribution in [0.5, 0.6) is 5.75 Å². The number of hydrogen-bond acceptors (Lipinski definition) is 1. The number of ether oxygens (including phenoxy) is 1. The molecule has 0 saturated carbocycles. The van der Waals surface area contributed by atoms with Crippen molar-refractivity contribution in [2.75, 3.05) is 7.11 Å². The largest absolute Gasteiger partial charge is 0.496 e. The average Bonchev–Trinajstić information content (AvgIpc) is 2.53. The summed E-state index contributed by atoms with van der Waals surface area (Å²) < 4.78 is 19.5. The molecule has 3 aromatic carbocycles.